The van der Waals surface area contributed by atoms with Gasteiger partial charge in [-0.25, -0.2) is 0 Å². The first-order chi connectivity index (χ1) is 10.0. The summed E-state index contributed by atoms with van der Waals surface area (Å²) in [5.41, 5.74) is 1.18. The molecule has 1 rings (SSSR count). The van der Waals surface area contributed by atoms with Gasteiger partial charge in [0.05, 0.1) is 31.2 Å². The molecular weight excluding hydrogens is 270 g/mol. The van der Waals surface area contributed by atoms with Crippen LogP contribution in [-0.4, -0.2) is 43.5 Å². The number of nitrogens with zero attached hydrogens (tertiary/aromatic N) is 2. The van der Waals surface area contributed by atoms with Crippen LogP contribution in [0.1, 0.15) is 18.9 Å². The SMILES string of the molecule is CCOC(=O)CCN(C)CC(=O)Nc1ccc(C#N)cc1. The fourth-order valence-corrected chi connectivity index (χ4v) is 1.67. The number of rotatable bonds is 7. The highest BCUT2D eigenvalue weighted by Gasteiger charge is 2.09. The number of benzene rings is 1. The quantitative estimate of drug-likeness (QED) is 0.767. The van der Waals surface area contributed by atoms with Gasteiger partial charge in [0, 0.05) is 12.2 Å². The van der Waals surface area contributed by atoms with Crippen molar-refractivity contribution in [1.82, 2.24) is 4.90 Å². The first-order valence-electron chi connectivity index (χ1n) is 6.69. The van der Waals surface area contributed by atoms with Crippen molar-refractivity contribution in [1.29, 1.82) is 5.26 Å². The molecule has 6 nitrogen and oxygen atoms in total. The molecule has 1 amide bonds. The van der Waals surface area contributed by atoms with Gasteiger partial charge in [0.1, 0.15) is 0 Å². The summed E-state index contributed by atoms with van der Waals surface area (Å²) in [6.45, 7) is 2.76. The zero-order chi connectivity index (χ0) is 15.7. The van der Waals surface area contributed by atoms with Crippen LogP contribution in [0.5, 0.6) is 0 Å². The van der Waals surface area contributed by atoms with Gasteiger partial charge in [-0.15, -0.1) is 0 Å². The molecular formula is C15H19N3O3. The number of hydrogen-bond donors (Lipinski definition) is 1. The van der Waals surface area contributed by atoms with Crippen LogP contribution in [0, 0.1) is 11.3 Å². The molecule has 1 N–H and O–H groups in total. The molecule has 0 saturated carbocycles. The summed E-state index contributed by atoms with van der Waals surface area (Å²) in [4.78, 5) is 24.8. The molecule has 0 aromatic heterocycles. The van der Waals surface area contributed by atoms with Crippen molar-refractivity contribution in [3.8, 4) is 6.07 Å². The summed E-state index contributed by atoms with van der Waals surface area (Å²) in [5.74, 6) is -0.442. The molecule has 0 heterocycles. The van der Waals surface area contributed by atoms with Crippen LogP contribution in [-0.2, 0) is 14.3 Å². The van der Waals surface area contributed by atoms with Crippen molar-refractivity contribution in [2.45, 2.75) is 13.3 Å². The molecule has 0 aliphatic rings. The zero-order valence-corrected chi connectivity index (χ0v) is 12.3. The lowest BCUT2D eigenvalue weighted by Gasteiger charge is -2.15. The maximum Gasteiger partial charge on any atom is 0.307 e. The van der Waals surface area contributed by atoms with Gasteiger partial charge in [-0.2, -0.15) is 5.26 Å². The standard InChI is InChI=1S/C15H19N3O3/c1-3-21-15(20)8-9-18(2)11-14(19)17-13-6-4-12(10-16)5-7-13/h4-7H,3,8-9,11H2,1-2H3,(H,17,19). The van der Waals surface area contributed by atoms with Crippen molar-refractivity contribution in [2.24, 2.45) is 0 Å². The zero-order valence-electron chi connectivity index (χ0n) is 12.3. The highest BCUT2D eigenvalue weighted by Crippen LogP contribution is 2.08. The lowest BCUT2D eigenvalue weighted by atomic mass is 10.2. The van der Waals surface area contributed by atoms with Crippen molar-refractivity contribution in [3.05, 3.63) is 29.8 Å². The smallest absolute Gasteiger partial charge is 0.307 e. The van der Waals surface area contributed by atoms with Gasteiger partial charge in [0.25, 0.3) is 0 Å². The minimum atomic E-state index is -0.267. The fraction of sp³-hybridized carbons (Fsp3) is 0.400. The number of nitriles is 1. The minimum absolute atomic E-state index is 0.175. The lowest BCUT2D eigenvalue weighted by Crippen LogP contribution is -2.32. The highest BCUT2D eigenvalue weighted by atomic mass is 16.5. The number of esters is 1. The number of ether oxygens (including phenoxy) is 1. The van der Waals surface area contributed by atoms with Gasteiger partial charge in [-0.05, 0) is 38.2 Å². The fourth-order valence-electron chi connectivity index (χ4n) is 1.67. The second kappa shape index (κ2) is 8.72. The van der Waals surface area contributed by atoms with E-state index < -0.39 is 0 Å². The second-order valence-corrected chi connectivity index (χ2v) is 4.53. The number of hydrogen-bond acceptors (Lipinski definition) is 5. The second-order valence-electron chi connectivity index (χ2n) is 4.53. The van der Waals surface area contributed by atoms with Gasteiger partial charge in [0.15, 0.2) is 0 Å². The first kappa shape index (κ1) is 16.7. The van der Waals surface area contributed by atoms with Crippen LogP contribution < -0.4 is 5.32 Å². The Morgan fingerprint density at radius 2 is 2.00 bits per heavy atom. The Morgan fingerprint density at radius 3 is 2.57 bits per heavy atom. The van der Waals surface area contributed by atoms with E-state index in [1.54, 1.807) is 43.1 Å². The average molecular weight is 289 g/mol. The summed E-state index contributed by atoms with van der Waals surface area (Å²) < 4.78 is 4.82. The Hall–Kier alpha value is -2.39. The lowest BCUT2D eigenvalue weighted by molar-refractivity contribution is -0.143. The van der Waals surface area contributed by atoms with Crippen LogP contribution in [0.25, 0.3) is 0 Å². The van der Waals surface area contributed by atoms with Crippen LogP contribution >= 0.6 is 0 Å². The summed E-state index contributed by atoms with van der Waals surface area (Å²) in [6, 6.07) is 8.64. The molecule has 0 radical (unpaired) electrons. The summed E-state index contributed by atoms with van der Waals surface area (Å²) in [7, 11) is 1.76. The molecule has 1 aromatic carbocycles. The minimum Gasteiger partial charge on any atom is -0.466 e. The number of likely N-dealkylation sites (N-methyl/N-ethyl adjacent to an activating group) is 1. The molecule has 0 bridgehead atoms. The van der Waals surface area contributed by atoms with Gasteiger partial charge in [-0.3, -0.25) is 14.5 Å². The Balaban J connectivity index is 2.35. The third kappa shape index (κ3) is 6.54. The molecule has 112 valence electrons. The van der Waals surface area contributed by atoms with E-state index in [0.717, 1.165) is 0 Å². The third-order valence-electron chi connectivity index (χ3n) is 2.71. The van der Waals surface area contributed by atoms with Crippen LogP contribution in [0.2, 0.25) is 0 Å². The van der Waals surface area contributed by atoms with Gasteiger partial charge >= 0.3 is 5.97 Å². The molecule has 21 heavy (non-hydrogen) atoms. The van der Waals surface area contributed by atoms with Crippen LogP contribution in [0.3, 0.4) is 0 Å². The van der Waals surface area contributed by atoms with Gasteiger partial charge < -0.3 is 10.1 Å². The molecule has 0 fully saturated rings. The largest absolute Gasteiger partial charge is 0.466 e. The number of nitrogens with one attached hydrogen (secondary N) is 1. The molecule has 0 aliphatic carbocycles. The Bertz CT molecular complexity index is 520. The molecule has 0 atom stereocenters. The van der Waals surface area contributed by atoms with E-state index in [2.05, 4.69) is 5.32 Å². The van der Waals surface area contributed by atoms with E-state index in [-0.39, 0.29) is 24.8 Å². The normalized spacial score (nSPS) is 10.0. The first-order valence-corrected chi connectivity index (χ1v) is 6.69. The van der Waals surface area contributed by atoms with Crippen LogP contribution in [0.15, 0.2) is 24.3 Å². The van der Waals surface area contributed by atoms with E-state index in [4.69, 9.17) is 10.00 Å². The van der Waals surface area contributed by atoms with Crippen molar-refractivity contribution < 1.29 is 14.3 Å². The number of anilines is 1. The number of carbonyl (C=O) groups excluding carboxylic acids is 2. The molecule has 0 saturated heterocycles. The van der Waals surface area contributed by atoms with E-state index in [9.17, 15) is 9.59 Å². The van der Waals surface area contributed by atoms with Crippen molar-refractivity contribution >= 4 is 17.6 Å². The molecule has 1 aromatic rings. The van der Waals surface area contributed by atoms with E-state index in [1.165, 1.54) is 0 Å². The summed E-state index contributed by atoms with van der Waals surface area (Å²) >= 11 is 0. The Kier molecular flexibility index (Phi) is 6.92. The van der Waals surface area contributed by atoms with Crippen molar-refractivity contribution in [3.63, 3.8) is 0 Å². The number of amides is 1. The Morgan fingerprint density at radius 1 is 1.33 bits per heavy atom. The predicted molar refractivity (Wildman–Crippen MR) is 78.5 cm³/mol. The van der Waals surface area contributed by atoms with E-state index in [1.807, 2.05) is 6.07 Å². The topological polar surface area (TPSA) is 82.4 Å². The summed E-state index contributed by atoms with van der Waals surface area (Å²) in [6.07, 6.45) is 0.258. The predicted octanol–water partition coefficient (Wildman–Crippen LogP) is 1.38. The van der Waals surface area contributed by atoms with Crippen LogP contribution in [0.4, 0.5) is 5.69 Å². The summed E-state index contributed by atoms with van der Waals surface area (Å²) in [5, 5.41) is 11.4. The molecule has 0 spiro atoms. The Labute approximate surface area is 124 Å². The molecule has 0 unspecified atom stereocenters. The van der Waals surface area contributed by atoms with Gasteiger partial charge in [0.2, 0.25) is 5.91 Å². The molecule has 6 heteroatoms. The van der Waals surface area contributed by atoms with Gasteiger partial charge in [-0.1, -0.05) is 0 Å². The maximum atomic E-state index is 11.8. The third-order valence-corrected chi connectivity index (χ3v) is 2.71. The van der Waals surface area contributed by atoms with E-state index >= 15 is 0 Å². The average Bonchev–Trinajstić information content (AvgIpc) is 2.46. The maximum absolute atomic E-state index is 11.8. The molecule has 0 aliphatic heterocycles. The van der Waals surface area contributed by atoms with Crippen molar-refractivity contribution in [2.75, 3.05) is 32.1 Å². The number of carbonyl (C=O) groups is 2. The monoisotopic (exact) mass is 289 g/mol. The van der Waals surface area contributed by atoms with E-state index in [0.29, 0.717) is 24.4 Å². The highest BCUT2D eigenvalue weighted by molar-refractivity contribution is 5.92.